The Hall–Kier alpha value is -2.85. The lowest BCUT2D eigenvalue weighted by Gasteiger charge is -2.06. The molecule has 0 unspecified atom stereocenters. The fraction of sp³-hybridized carbons (Fsp3) is 0.0526. The second-order valence-corrected chi connectivity index (χ2v) is 5.78. The first-order chi connectivity index (χ1) is 11.6. The number of hydrogen-bond acceptors (Lipinski definition) is 3. The summed E-state index contributed by atoms with van der Waals surface area (Å²) in [5, 5.41) is 6.14. The molecule has 0 spiro atoms. The van der Waals surface area contributed by atoms with Crippen molar-refractivity contribution in [1.82, 2.24) is 0 Å². The van der Waals surface area contributed by atoms with Gasteiger partial charge in [0.2, 0.25) is 0 Å². The summed E-state index contributed by atoms with van der Waals surface area (Å²) in [6.07, 6.45) is 0. The van der Waals surface area contributed by atoms with Gasteiger partial charge in [-0.1, -0.05) is 53.2 Å². The highest BCUT2D eigenvalue weighted by Gasteiger charge is 2.12. The van der Waals surface area contributed by atoms with Crippen LogP contribution in [0.5, 0.6) is 0 Å². The number of nitrogens with zero attached hydrogens (tertiary/aromatic N) is 1. The number of fused-ring (bicyclic) bond motifs is 1. The van der Waals surface area contributed by atoms with Crippen molar-refractivity contribution in [3.8, 4) is 0 Å². The van der Waals surface area contributed by atoms with Crippen LogP contribution in [0.25, 0.3) is 10.8 Å². The SMILES string of the molecule is Cc1cc(Cl)ccc1/C(N)=N\OC(=O)c1cccc2ccccc12. The van der Waals surface area contributed by atoms with Gasteiger partial charge in [0.1, 0.15) is 0 Å². The molecular formula is C19H15ClN2O2. The minimum atomic E-state index is -0.554. The van der Waals surface area contributed by atoms with Crippen molar-refractivity contribution >= 4 is 34.2 Å². The monoisotopic (exact) mass is 338 g/mol. The molecule has 0 saturated heterocycles. The maximum atomic E-state index is 12.3. The first-order valence-electron chi connectivity index (χ1n) is 7.35. The van der Waals surface area contributed by atoms with Crippen LogP contribution in [-0.2, 0) is 4.84 Å². The number of nitrogens with two attached hydrogens (primary N) is 1. The number of oxime groups is 1. The van der Waals surface area contributed by atoms with Crippen molar-refractivity contribution in [3.63, 3.8) is 0 Å². The minimum absolute atomic E-state index is 0.123. The van der Waals surface area contributed by atoms with Crippen LogP contribution in [0.4, 0.5) is 0 Å². The van der Waals surface area contributed by atoms with Crippen molar-refractivity contribution in [2.24, 2.45) is 10.9 Å². The smallest absolute Gasteiger partial charge is 0.366 e. The van der Waals surface area contributed by atoms with Gasteiger partial charge in [-0.15, -0.1) is 0 Å². The molecule has 3 rings (SSSR count). The minimum Gasteiger partial charge on any atom is -0.380 e. The van der Waals surface area contributed by atoms with E-state index in [1.54, 1.807) is 30.3 Å². The van der Waals surface area contributed by atoms with Gasteiger partial charge in [0.25, 0.3) is 0 Å². The number of carbonyl (C=O) groups is 1. The highest BCUT2D eigenvalue weighted by atomic mass is 35.5. The molecule has 0 atom stereocenters. The predicted molar refractivity (Wildman–Crippen MR) is 96.3 cm³/mol. The Labute approximate surface area is 144 Å². The van der Waals surface area contributed by atoms with Crippen LogP contribution in [0.15, 0.2) is 65.8 Å². The molecule has 0 saturated carbocycles. The molecule has 0 bridgehead atoms. The quantitative estimate of drug-likeness (QED) is 0.335. The van der Waals surface area contributed by atoms with E-state index in [1.807, 2.05) is 37.3 Å². The molecule has 120 valence electrons. The first kappa shape index (κ1) is 16.0. The molecule has 2 N–H and O–H groups in total. The summed E-state index contributed by atoms with van der Waals surface area (Å²) in [6.45, 7) is 1.86. The molecule has 0 fully saturated rings. The van der Waals surface area contributed by atoms with E-state index in [4.69, 9.17) is 22.2 Å². The van der Waals surface area contributed by atoms with Crippen molar-refractivity contribution in [2.45, 2.75) is 6.92 Å². The summed E-state index contributed by atoms with van der Waals surface area (Å²) in [5.74, 6) is -0.431. The number of carbonyl (C=O) groups excluding carboxylic acids is 1. The Kier molecular flexibility index (Phi) is 4.49. The lowest BCUT2D eigenvalue weighted by molar-refractivity contribution is 0.0518. The van der Waals surface area contributed by atoms with E-state index in [1.165, 1.54) is 0 Å². The molecule has 0 heterocycles. The standard InChI is InChI=1S/C19H15ClN2O2/c1-12-11-14(20)9-10-15(12)18(21)22-24-19(23)17-8-4-6-13-5-2-3-7-16(13)17/h2-11H,1H3,(H2,21,22). The number of halogens is 1. The van der Waals surface area contributed by atoms with Gasteiger partial charge < -0.3 is 10.6 Å². The van der Waals surface area contributed by atoms with Crippen LogP contribution in [-0.4, -0.2) is 11.8 Å². The lowest BCUT2D eigenvalue weighted by atomic mass is 10.1. The molecule has 5 heteroatoms. The second-order valence-electron chi connectivity index (χ2n) is 5.34. The number of aryl methyl sites for hydroxylation is 1. The Morgan fingerprint density at radius 3 is 2.58 bits per heavy atom. The summed E-state index contributed by atoms with van der Waals surface area (Å²) >= 11 is 5.92. The normalized spacial score (nSPS) is 11.5. The molecule has 0 radical (unpaired) electrons. The van der Waals surface area contributed by atoms with E-state index < -0.39 is 5.97 Å². The Morgan fingerprint density at radius 2 is 1.79 bits per heavy atom. The summed E-state index contributed by atoms with van der Waals surface area (Å²) < 4.78 is 0. The van der Waals surface area contributed by atoms with Crippen LogP contribution in [0, 0.1) is 6.92 Å². The third kappa shape index (κ3) is 3.24. The van der Waals surface area contributed by atoms with Gasteiger partial charge in [0.05, 0.1) is 5.56 Å². The molecule has 0 aromatic heterocycles. The van der Waals surface area contributed by atoms with Crippen molar-refractivity contribution < 1.29 is 9.63 Å². The zero-order valence-electron chi connectivity index (χ0n) is 13.0. The molecule has 3 aromatic carbocycles. The topological polar surface area (TPSA) is 64.7 Å². The van der Waals surface area contributed by atoms with Crippen LogP contribution in [0.1, 0.15) is 21.5 Å². The Morgan fingerprint density at radius 1 is 1.04 bits per heavy atom. The van der Waals surface area contributed by atoms with Crippen LogP contribution < -0.4 is 5.73 Å². The summed E-state index contributed by atoms with van der Waals surface area (Å²) in [5.41, 5.74) is 7.88. The molecule has 0 aliphatic rings. The zero-order chi connectivity index (χ0) is 17.1. The van der Waals surface area contributed by atoms with Gasteiger partial charge >= 0.3 is 5.97 Å². The lowest BCUT2D eigenvalue weighted by Crippen LogP contribution is -2.16. The van der Waals surface area contributed by atoms with E-state index in [0.29, 0.717) is 16.1 Å². The van der Waals surface area contributed by atoms with Gasteiger partial charge in [-0.2, -0.15) is 0 Å². The van der Waals surface area contributed by atoms with Gasteiger partial charge in [0, 0.05) is 10.6 Å². The van der Waals surface area contributed by atoms with E-state index in [2.05, 4.69) is 5.16 Å². The van der Waals surface area contributed by atoms with Gasteiger partial charge in [0.15, 0.2) is 5.84 Å². The molecule has 3 aromatic rings. The molecule has 4 nitrogen and oxygen atoms in total. The van der Waals surface area contributed by atoms with E-state index in [0.717, 1.165) is 16.3 Å². The number of benzene rings is 3. The van der Waals surface area contributed by atoms with E-state index >= 15 is 0 Å². The molecule has 0 aliphatic carbocycles. The summed E-state index contributed by atoms with van der Waals surface area (Å²) in [7, 11) is 0. The average Bonchev–Trinajstić information content (AvgIpc) is 2.59. The zero-order valence-corrected chi connectivity index (χ0v) is 13.7. The largest absolute Gasteiger partial charge is 0.380 e. The first-order valence-corrected chi connectivity index (χ1v) is 7.73. The van der Waals surface area contributed by atoms with E-state index in [9.17, 15) is 4.79 Å². The van der Waals surface area contributed by atoms with E-state index in [-0.39, 0.29) is 5.84 Å². The van der Waals surface area contributed by atoms with Crippen molar-refractivity contribution in [1.29, 1.82) is 0 Å². The number of hydrogen-bond donors (Lipinski definition) is 1. The average molecular weight is 339 g/mol. The maximum Gasteiger partial charge on any atom is 0.366 e. The highest BCUT2D eigenvalue weighted by molar-refractivity contribution is 6.30. The molecule has 0 amide bonds. The fourth-order valence-electron chi connectivity index (χ4n) is 2.51. The second kappa shape index (κ2) is 6.72. The molecule has 24 heavy (non-hydrogen) atoms. The fourth-order valence-corrected chi connectivity index (χ4v) is 2.73. The van der Waals surface area contributed by atoms with Crippen LogP contribution in [0.3, 0.4) is 0 Å². The number of rotatable bonds is 3. The third-order valence-electron chi connectivity index (χ3n) is 3.70. The Bertz CT molecular complexity index is 946. The van der Waals surface area contributed by atoms with Gasteiger partial charge in [-0.25, -0.2) is 4.79 Å². The highest BCUT2D eigenvalue weighted by Crippen LogP contribution is 2.19. The van der Waals surface area contributed by atoms with Crippen molar-refractivity contribution in [2.75, 3.05) is 0 Å². The van der Waals surface area contributed by atoms with Gasteiger partial charge in [-0.3, -0.25) is 0 Å². The Balaban J connectivity index is 1.86. The maximum absolute atomic E-state index is 12.3. The van der Waals surface area contributed by atoms with Crippen LogP contribution in [0.2, 0.25) is 5.02 Å². The predicted octanol–water partition coefficient (Wildman–Crippen LogP) is 4.28. The molecule has 0 aliphatic heterocycles. The molecular weight excluding hydrogens is 324 g/mol. The summed E-state index contributed by atoms with van der Waals surface area (Å²) in [6, 6.07) is 18.2. The third-order valence-corrected chi connectivity index (χ3v) is 3.94. The van der Waals surface area contributed by atoms with Crippen LogP contribution >= 0.6 is 11.6 Å². The summed E-state index contributed by atoms with van der Waals surface area (Å²) in [4.78, 5) is 17.4. The number of amidine groups is 1. The van der Waals surface area contributed by atoms with Gasteiger partial charge in [-0.05, 0) is 47.5 Å². The van der Waals surface area contributed by atoms with Crippen molar-refractivity contribution in [3.05, 3.63) is 82.4 Å².